The minimum absolute atomic E-state index is 0.716. The first-order valence-corrected chi connectivity index (χ1v) is 9.05. The number of thiocarbonyl (C=S) groups is 1. The average molecular weight is 311 g/mol. The van der Waals surface area contributed by atoms with Crippen molar-refractivity contribution in [2.24, 2.45) is 0 Å². The van der Waals surface area contributed by atoms with Gasteiger partial charge in [-0.25, -0.2) is 0 Å². The van der Waals surface area contributed by atoms with Gasteiger partial charge < -0.3 is 4.74 Å². The van der Waals surface area contributed by atoms with E-state index in [9.17, 15) is 0 Å². The molecule has 0 fully saturated rings. The van der Waals surface area contributed by atoms with Crippen LogP contribution in [0.2, 0.25) is 0 Å². The van der Waals surface area contributed by atoms with E-state index >= 15 is 0 Å². The van der Waals surface area contributed by atoms with Gasteiger partial charge in [0.25, 0.3) is 0 Å². The Balaban J connectivity index is 1.92. The van der Waals surface area contributed by atoms with Crippen LogP contribution in [0.1, 0.15) is 51.0 Å². The number of unbranched alkanes of at least 4 members (excludes halogenated alkanes) is 4. The molecule has 0 saturated carbocycles. The van der Waals surface area contributed by atoms with Crippen LogP contribution in [0.15, 0.2) is 30.3 Å². The fourth-order valence-corrected chi connectivity index (χ4v) is 2.93. The van der Waals surface area contributed by atoms with E-state index < -0.39 is 0 Å². The highest BCUT2D eigenvalue weighted by Gasteiger charge is 1.99. The molecule has 112 valence electrons. The van der Waals surface area contributed by atoms with Crippen LogP contribution in [-0.2, 0) is 11.2 Å². The van der Waals surface area contributed by atoms with Crippen molar-refractivity contribution in [3.63, 3.8) is 0 Å². The third kappa shape index (κ3) is 9.38. The summed E-state index contributed by atoms with van der Waals surface area (Å²) in [5, 5.41) is 0. The Morgan fingerprint density at radius 2 is 1.80 bits per heavy atom. The Bertz CT molecular complexity index is 351. The van der Waals surface area contributed by atoms with E-state index in [1.54, 1.807) is 11.8 Å². The van der Waals surface area contributed by atoms with Gasteiger partial charge in [0.15, 0.2) is 0 Å². The van der Waals surface area contributed by atoms with Crippen LogP contribution >= 0.6 is 24.0 Å². The molecule has 0 aliphatic carbocycles. The Morgan fingerprint density at radius 3 is 2.55 bits per heavy atom. The minimum atomic E-state index is 0.716. The maximum Gasteiger partial charge on any atom is 0.219 e. The predicted octanol–water partition coefficient (Wildman–Crippen LogP) is 5.62. The quantitative estimate of drug-likeness (QED) is 0.410. The minimum Gasteiger partial charge on any atom is -0.479 e. The van der Waals surface area contributed by atoms with E-state index in [-0.39, 0.29) is 0 Å². The van der Waals surface area contributed by atoms with Crippen molar-refractivity contribution in [3.8, 4) is 0 Å². The first-order chi connectivity index (χ1) is 9.83. The topological polar surface area (TPSA) is 9.23 Å². The summed E-state index contributed by atoms with van der Waals surface area (Å²) in [7, 11) is 0. The largest absolute Gasteiger partial charge is 0.479 e. The summed E-state index contributed by atoms with van der Waals surface area (Å²) in [5.74, 6) is 1.05. The maximum absolute atomic E-state index is 5.57. The molecule has 3 heteroatoms. The van der Waals surface area contributed by atoms with Crippen molar-refractivity contribution in [1.82, 2.24) is 0 Å². The van der Waals surface area contributed by atoms with Crippen molar-refractivity contribution >= 4 is 28.4 Å². The molecule has 0 aromatic heterocycles. The van der Waals surface area contributed by atoms with Gasteiger partial charge in [0.05, 0.1) is 6.61 Å². The molecule has 0 spiro atoms. The molecular formula is C17H26OS2. The Labute approximate surface area is 133 Å². The van der Waals surface area contributed by atoms with Gasteiger partial charge in [-0.05, 0) is 37.0 Å². The predicted molar refractivity (Wildman–Crippen MR) is 94.5 cm³/mol. The SMILES string of the molecule is CCCCCCCOC(=S)SCCCc1ccccc1. The molecule has 0 radical (unpaired) electrons. The lowest BCUT2D eigenvalue weighted by Gasteiger charge is -2.07. The molecule has 0 atom stereocenters. The van der Waals surface area contributed by atoms with Gasteiger partial charge in [0.1, 0.15) is 0 Å². The summed E-state index contributed by atoms with van der Waals surface area (Å²) in [6.07, 6.45) is 8.59. The zero-order chi connectivity index (χ0) is 14.5. The molecule has 0 amide bonds. The summed E-state index contributed by atoms with van der Waals surface area (Å²) >= 11 is 6.90. The first-order valence-electron chi connectivity index (χ1n) is 7.66. The summed E-state index contributed by atoms with van der Waals surface area (Å²) < 4.78 is 6.29. The Morgan fingerprint density at radius 1 is 1.05 bits per heavy atom. The monoisotopic (exact) mass is 310 g/mol. The smallest absolute Gasteiger partial charge is 0.219 e. The number of rotatable bonds is 10. The molecule has 0 N–H and O–H groups in total. The molecule has 1 rings (SSSR count). The third-order valence-electron chi connectivity index (χ3n) is 3.14. The van der Waals surface area contributed by atoms with Crippen molar-refractivity contribution < 1.29 is 4.74 Å². The highest BCUT2D eigenvalue weighted by Crippen LogP contribution is 2.12. The third-order valence-corrected chi connectivity index (χ3v) is 4.46. The Kier molecular flexibility index (Phi) is 10.7. The molecule has 1 nitrogen and oxygen atoms in total. The van der Waals surface area contributed by atoms with Crippen LogP contribution < -0.4 is 0 Å². The lowest BCUT2D eigenvalue weighted by Crippen LogP contribution is -2.01. The summed E-state index contributed by atoms with van der Waals surface area (Å²) in [4.78, 5) is 0. The second-order valence-corrected chi connectivity index (χ2v) is 6.65. The van der Waals surface area contributed by atoms with Gasteiger partial charge in [-0.15, -0.1) is 0 Å². The van der Waals surface area contributed by atoms with Gasteiger partial charge >= 0.3 is 0 Å². The van der Waals surface area contributed by atoms with Gasteiger partial charge in [-0.2, -0.15) is 0 Å². The van der Waals surface area contributed by atoms with Crippen LogP contribution in [0.5, 0.6) is 0 Å². The molecule has 0 bridgehead atoms. The normalized spacial score (nSPS) is 10.4. The zero-order valence-corrected chi connectivity index (χ0v) is 14.1. The number of aryl methyl sites for hydroxylation is 1. The lowest BCUT2D eigenvalue weighted by molar-refractivity contribution is 0.308. The van der Waals surface area contributed by atoms with Crippen molar-refractivity contribution in [2.75, 3.05) is 12.4 Å². The fraction of sp³-hybridized carbons (Fsp3) is 0.588. The number of hydrogen-bond donors (Lipinski definition) is 0. The van der Waals surface area contributed by atoms with E-state index in [1.165, 1.54) is 31.2 Å². The van der Waals surface area contributed by atoms with Gasteiger partial charge in [-0.3, -0.25) is 0 Å². The molecule has 20 heavy (non-hydrogen) atoms. The molecule has 0 aliphatic heterocycles. The maximum atomic E-state index is 5.57. The van der Waals surface area contributed by atoms with Crippen LogP contribution in [-0.4, -0.2) is 16.7 Å². The van der Waals surface area contributed by atoms with Gasteiger partial charge in [-0.1, -0.05) is 74.7 Å². The van der Waals surface area contributed by atoms with Crippen LogP contribution in [0.25, 0.3) is 0 Å². The summed E-state index contributed by atoms with van der Waals surface area (Å²) in [6, 6.07) is 10.6. The van der Waals surface area contributed by atoms with Crippen LogP contribution in [0, 0.1) is 0 Å². The zero-order valence-electron chi connectivity index (χ0n) is 12.5. The number of ether oxygens (including phenoxy) is 1. The second kappa shape index (κ2) is 12.2. The van der Waals surface area contributed by atoms with Crippen LogP contribution in [0.4, 0.5) is 0 Å². The van der Waals surface area contributed by atoms with Gasteiger partial charge in [0, 0.05) is 5.75 Å². The fourth-order valence-electron chi connectivity index (χ4n) is 1.98. The highest BCUT2D eigenvalue weighted by atomic mass is 32.2. The molecule has 0 saturated heterocycles. The van der Waals surface area contributed by atoms with Crippen LogP contribution in [0.3, 0.4) is 0 Å². The lowest BCUT2D eigenvalue weighted by atomic mass is 10.1. The molecule has 1 aromatic rings. The van der Waals surface area contributed by atoms with Gasteiger partial charge in [0.2, 0.25) is 4.38 Å². The van der Waals surface area contributed by atoms with E-state index in [0.29, 0.717) is 4.38 Å². The molecule has 1 aromatic carbocycles. The van der Waals surface area contributed by atoms with E-state index in [0.717, 1.165) is 31.6 Å². The molecular weight excluding hydrogens is 284 g/mol. The van der Waals surface area contributed by atoms with E-state index in [2.05, 4.69) is 37.3 Å². The number of benzene rings is 1. The van der Waals surface area contributed by atoms with Crippen molar-refractivity contribution in [1.29, 1.82) is 0 Å². The Hall–Kier alpha value is -0.540. The highest BCUT2D eigenvalue weighted by molar-refractivity contribution is 8.22. The number of hydrogen-bond acceptors (Lipinski definition) is 3. The van der Waals surface area contributed by atoms with E-state index in [4.69, 9.17) is 17.0 Å². The molecule has 0 aliphatic rings. The molecule has 0 unspecified atom stereocenters. The summed E-state index contributed by atoms with van der Waals surface area (Å²) in [6.45, 7) is 3.02. The first kappa shape index (κ1) is 17.5. The summed E-state index contributed by atoms with van der Waals surface area (Å²) in [5.41, 5.74) is 1.40. The standard InChI is InChI=1S/C17H26OS2/c1-2-3-4-5-9-14-18-17(19)20-15-10-13-16-11-7-6-8-12-16/h6-8,11-12H,2-5,9-10,13-15H2,1H3. The number of thioether (sulfide) groups is 1. The average Bonchev–Trinajstić information content (AvgIpc) is 2.48. The van der Waals surface area contributed by atoms with Crippen molar-refractivity contribution in [2.45, 2.75) is 51.9 Å². The van der Waals surface area contributed by atoms with Crippen molar-refractivity contribution in [3.05, 3.63) is 35.9 Å². The second-order valence-electron chi connectivity index (χ2n) is 4.95. The molecule has 0 heterocycles. The van der Waals surface area contributed by atoms with E-state index in [1.807, 2.05) is 0 Å².